The van der Waals surface area contributed by atoms with Gasteiger partial charge in [-0.3, -0.25) is 0 Å². The van der Waals surface area contributed by atoms with Crippen LogP contribution in [0.4, 0.5) is 5.95 Å². The number of fused-ring (bicyclic) bond motifs is 1. The molecule has 1 atom stereocenters. The zero-order valence-electron chi connectivity index (χ0n) is 21.0. The third-order valence-corrected chi connectivity index (χ3v) is 7.51. The van der Waals surface area contributed by atoms with Gasteiger partial charge in [-0.1, -0.05) is 48.5 Å². The zero-order chi connectivity index (χ0) is 26.5. The van der Waals surface area contributed by atoms with E-state index in [0.29, 0.717) is 55.7 Å². The number of nitrogens with one attached hydrogen (secondary N) is 1. The van der Waals surface area contributed by atoms with Gasteiger partial charge in [0.05, 0.1) is 30.4 Å². The Hall–Kier alpha value is -2.69. The van der Waals surface area contributed by atoms with Crippen LogP contribution in [0.15, 0.2) is 57.3 Å². The number of esters is 1. The zero-order valence-corrected chi connectivity index (χ0v) is 24.2. The highest BCUT2D eigenvalue weighted by molar-refractivity contribution is 9.10. The van der Waals surface area contributed by atoms with E-state index < -0.39 is 12.0 Å². The molecule has 8 nitrogen and oxygen atoms in total. The van der Waals surface area contributed by atoms with Crippen molar-refractivity contribution < 1.29 is 19.0 Å². The van der Waals surface area contributed by atoms with Crippen molar-refractivity contribution in [2.24, 2.45) is 0 Å². The van der Waals surface area contributed by atoms with Crippen LogP contribution in [0.3, 0.4) is 0 Å². The number of aromatic nitrogens is 3. The molecule has 0 aliphatic carbocycles. The van der Waals surface area contributed by atoms with Crippen LogP contribution in [0.25, 0.3) is 0 Å². The Morgan fingerprint density at radius 2 is 2.05 bits per heavy atom. The minimum absolute atomic E-state index is 0.252. The van der Waals surface area contributed by atoms with Gasteiger partial charge in [-0.2, -0.15) is 4.98 Å². The topological polar surface area (TPSA) is 87.5 Å². The molecule has 0 bridgehead atoms. The largest absolute Gasteiger partial charge is 0.493 e. The summed E-state index contributed by atoms with van der Waals surface area (Å²) < 4.78 is 19.4. The molecule has 0 radical (unpaired) electrons. The Bertz CT molecular complexity index is 1330. The quantitative estimate of drug-likeness (QED) is 0.203. The summed E-state index contributed by atoms with van der Waals surface area (Å²) in [7, 11) is 1.59. The highest BCUT2D eigenvalue weighted by atomic mass is 79.9. The van der Waals surface area contributed by atoms with Gasteiger partial charge in [0, 0.05) is 16.5 Å². The number of hydrogen-bond acceptors (Lipinski definition) is 8. The maximum absolute atomic E-state index is 13.1. The van der Waals surface area contributed by atoms with E-state index >= 15 is 0 Å². The number of anilines is 1. The first-order chi connectivity index (χ1) is 17.9. The van der Waals surface area contributed by atoms with Crippen molar-refractivity contribution in [3.63, 3.8) is 0 Å². The number of hydrogen-bond donors (Lipinski definition) is 1. The smallest absolute Gasteiger partial charge is 0.338 e. The van der Waals surface area contributed by atoms with E-state index in [1.807, 2.05) is 50.2 Å². The predicted molar refractivity (Wildman–Crippen MR) is 149 cm³/mol. The minimum Gasteiger partial charge on any atom is -0.493 e. The van der Waals surface area contributed by atoms with E-state index in [1.54, 1.807) is 18.7 Å². The van der Waals surface area contributed by atoms with Crippen molar-refractivity contribution in [2.75, 3.05) is 25.6 Å². The van der Waals surface area contributed by atoms with E-state index in [-0.39, 0.29) is 6.61 Å². The molecular formula is C26H28BrClN4O4S. The molecule has 0 amide bonds. The van der Waals surface area contributed by atoms with Crippen LogP contribution < -0.4 is 14.8 Å². The second-order valence-electron chi connectivity index (χ2n) is 8.21. The first kappa shape index (κ1) is 27.3. The average molecular weight is 608 g/mol. The van der Waals surface area contributed by atoms with Crippen LogP contribution in [0.5, 0.6) is 11.5 Å². The fourth-order valence-electron chi connectivity index (χ4n) is 3.97. The number of carbonyl (C=O) groups is 1. The summed E-state index contributed by atoms with van der Waals surface area (Å²) in [5, 5.41) is 9.24. The van der Waals surface area contributed by atoms with Gasteiger partial charge < -0.3 is 19.5 Å². The molecule has 0 spiro atoms. The van der Waals surface area contributed by atoms with Crippen molar-refractivity contribution in [3.05, 3.63) is 68.3 Å². The molecule has 0 saturated heterocycles. The molecule has 1 aliphatic rings. The first-order valence-electron chi connectivity index (χ1n) is 11.9. The SMILES string of the molecule is CCCOc1c(Br)cc(C2C(C(=O)OCC)=C(C)Nc3nc(SCc4ccccc4Cl)nn32)cc1OC. The van der Waals surface area contributed by atoms with E-state index in [4.69, 9.17) is 35.9 Å². The van der Waals surface area contributed by atoms with Gasteiger partial charge in [0.1, 0.15) is 6.04 Å². The van der Waals surface area contributed by atoms with Gasteiger partial charge in [-0.15, -0.1) is 5.10 Å². The van der Waals surface area contributed by atoms with E-state index in [1.165, 1.54) is 11.8 Å². The summed E-state index contributed by atoms with van der Waals surface area (Å²) in [6.07, 6.45) is 0.859. The Labute approximate surface area is 233 Å². The summed E-state index contributed by atoms with van der Waals surface area (Å²) in [4.78, 5) is 17.8. The Balaban J connectivity index is 1.76. The lowest BCUT2D eigenvalue weighted by Gasteiger charge is -2.28. The van der Waals surface area contributed by atoms with Crippen LogP contribution >= 0.6 is 39.3 Å². The number of benzene rings is 2. The normalized spacial score (nSPS) is 14.7. The fourth-order valence-corrected chi connectivity index (χ4v) is 5.66. The van der Waals surface area contributed by atoms with E-state index in [9.17, 15) is 4.79 Å². The molecule has 1 aromatic heterocycles. The van der Waals surface area contributed by atoms with Gasteiger partial charge in [-0.05, 0) is 65.5 Å². The molecular weight excluding hydrogens is 580 g/mol. The molecule has 11 heteroatoms. The van der Waals surface area contributed by atoms with E-state index in [2.05, 4.69) is 21.2 Å². The third-order valence-electron chi connectivity index (χ3n) is 5.66. The highest BCUT2D eigenvalue weighted by Gasteiger charge is 2.36. The molecule has 1 aliphatic heterocycles. The number of rotatable bonds is 10. The summed E-state index contributed by atoms with van der Waals surface area (Å²) in [5.74, 6) is 1.86. The monoisotopic (exact) mass is 606 g/mol. The Morgan fingerprint density at radius 1 is 1.27 bits per heavy atom. The summed E-state index contributed by atoms with van der Waals surface area (Å²) in [5.41, 5.74) is 2.85. The second kappa shape index (κ2) is 12.2. The highest BCUT2D eigenvalue weighted by Crippen LogP contribution is 2.43. The molecule has 0 fully saturated rings. The van der Waals surface area contributed by atoms with E-state index in [0.717, 1.165) is 17.5 Å². The average Bonchev–Trinajstić information content (AvgIpc) is 3.28. The fraction of sp³-hybridized carbons (Fsp3) is 0.346. The lowest BCUT2D eigenvalue weighted by molar-refractivity contribution is -0.139. The molecule has 1 unspecified atom stereocenters. The molecule has 2 aromatic carbocycles. The molecule has 196 valence electrons. The van der Waals surface area contributed by atoms with Gasteiger partial charge in [0.25, 0.3) is 0 Å². The number of thioether (sulfide) groups is 1. The molecule has 0 saturated carbocycles. The van der Waals surface area contributed by atoms with Crippen LogP contribution in [0, 0.1) is 0 Å². The van der Waals surface area contributed by atoms with Crippen LogP contribution in [0.2, 0.25) is 5.02 Å². The lowest BCUT2D eigenvalue weighted by Crippen LogP contribution is -2.29. The number of ether oxygens (including phenoxy) is 3. The van der Waals surface area contributed by atoms with Gasteiger partial charge in [-0.25, -0.2) is 9.48 Å². The third kappa shape index (κ3) is 5.91. The maximum atomic E-state index is 13.1. The summed E-state index contributed by atoms with van der Waals surface area (Å²) in [6, 6.07) is 10.9. The van der Waals surface area contributed by atoms with Crippen LogP contribution in [-0.4, -0.2) is 41.1 Å². The van der Waals surface area contributed by atoms with Gasteiger partial charge >= 0.3 is 5.97 Å². The number of nitrogens with zero attached hydrogens (tertiary/aromatic N) is 3. The Morgan fingerprint density at radius 3 is 2.76 bits per heavy atom. The number of halogens is 2. The molecule has 4 rings (SSSR count). The molecule has 1 N–H and O–H groups in total. The predicted octanol–water partition coefficient (Wildman–Crippen LogP) is 6.64. The van der Waals surface area contributed by atoms with Crippen molar-refractivity contribution >= 4 is 51.2 Å². The Kier molecular flexibility index (Phi) is 9.04. The molecule has 3 aromatic rings. The van der Waals surface area contributed by atoms with Crippen molar-refractivity contribution in [1.82, 2.24) is 14.8 Å². The summed E-state index contributed by atoms with van der Waals surface area (Å²) in [6.45, 7) is 6.45. The number of methoxy groups -OCH3 is 1. The van der Waals surface area contributed by atoms with Crippen molar-refractivity contribution in [3.8, 4) is 11.5 Å². The van der Waals surface area contributed by atoms with Crippen molar-refractivity contribution in [2.45, 2.75) is 44.1 Å². The van der Waals surface area contributed by atoms with Crippen LogP contribution in [-0.2, 0) is 15.3 Å². The minimum atomic E-state index is -0.595. The standard InChI is InChI=1S/C26H28BrClN4O4S/c1-5-11-36-23-18(27)12-17(13-20(23)34-4)22-21(24(33)35-6-2)15(3)29-25-30-26(31-32(22)25)37-14-16-9-7-8-10-19(16)28/h7-10,12-13,22H,5-6,11,14H2,1-4H3,(H,29,30,31). The number of allylic oxidation sites excluding steroid dienone is 1. The van der Waals surface area contributed by atoms with Gasteiger partial charge in [0.2, 0.25) is 11.1 Å². The van der Waals surface area contributed by atoms with Gasteiger partial charge in [0.15, 0.2) is 11.5 Å². The molecule has 37 heavy (non-hydrogen) atoms. The summed E-state index contributed by atoms with van der Waals surface area (Å²) >= 11 is 11.4. The number of carbonyl (C=O) groups excluding carboxylic acids is 1. The second-order valence-corrected chi connectivity index (χ2v) is 10.4. The lowest BCUT2D eigenvalue weighted by atomic mass is 9.95. The maximum Gasteiger partial charge on any atom is 0.338 e. The van der Waals surface area contributed by atoms with Crippen molar-refractivity contribution in [1.29, 1.82) is 0 Å². The molecule has 2 heterocycles. The van der Waals surface area contributed by atoms with Crippen LogP contribution in [0.1, 0.15) is 44.4 Å². The first-order valence-corrected chi connectivity index (χ1v) is 14.0.